The molecular formula is C13H12BrNO2. The Hall–Kier alpha value is -1.55. The maximum Gasteiger partial charge on any atom is 0.264 e. The van der Waals surface area contributed by atoms with E-state index in [-0.39, 0.29) is 5.56 Å². The van der Waals surface area contributed by atoms with Crippen LogP contribution in [-0.2, 0) is 6.54 Å². The number of aromatic nitrogens is 1. The van der Waals surface area contributed by atoms with E-state index in [1.807, 2.05) is 36.4 Å². The minimum Gasteiger partial charge on any atom is -0.492 e. The van der Waals surface area contributed by atoms with Gasteiger partial charge < -0.3 is 9.30 Å². The van der Waals surface area contributed by atoms with E-state index in [2.05, 4.69) is 15.9 Å². The zero-order valence-corrected chi connectivity index (χ0v) is 10.8. The molecule has 0 N–H and O–H groups in total. The molecule has 0 fully saturated rings. The van der Waals surface area contributed by atoms with E-state index >= 15 is 0 Å². The number of rotatable bonds is 4. The molecule has 0 unspecified atom stereocenters. The first-order valence-electron chi connectivity index (χ1n) is 5.30. The van der Waals surface area contributed by atoms with Gasteiger partial charge in [-0.25, -0.2) is 0 Å². The molecule has 3 nitrogen and oxygen atoms in total. The van der Waals surface area contributed by atoms with E-state index in [1.54, 1.807) is 16.8 Å². The standard InChI is InChI=1S/C13H12BrNO2/c14-12-7-4-8-15(13(12)16)9-10-17-11-5-2-1-3-6-11/h1-8H,9-10H2. The summed E-state index contributed by atoms with van der Waals surface area (Å²) in [4.78, 5) is 11.7. The fourth-order valence-corrected chi connectivity index (χ4v) is 1.84. The molecule has 0 amide bonds. The van der Waals surface area contributed by atoms with Gasteiger partial charge in [-0.15, -0.1) is 0 Å². The van der Waals surface area contributed by atoms with Crippen molar-refractivity contribution in [3.63, 3.8) is 0 Å². The van der Waals surface area contributed by atoms with Crippen molar-refractivity contribution in [1.29, 1.82) is 0 Å². The number of para-hydroxylation sites is 1. The molecule has 0 radical (unpaired) electrons. The van der Waals surface area contributed by atoms with Gasteiger partial charge in [0.2, 0.25) is 0 Å². The summed E-state index contributed by atoms with van der Waals surface area (Å²) in [5, 5.41) is 0. The first kappa shape index (κ1) is 11.9. The average molecular weight is 294 g/mol. The van der Waals surface area contributed by atoms with Gasteiger partial charge in [-0.3, -0.25) is 4.79 Å². The van der Waals surface area contributed by atoms with Crippen LogP contribution in [0.5, 0.6) is 5.75 Å². The quantitative estimate of drug-likeness (QED) is 0.868. The van der Waals surface area contributed by atoms with Crippen LogP contribution in [0, 0.1) is 0 Å². The van der Waals surface area contributed by atoms with Crippen molar-refractivity contribution < 1.29 is 4.74 Å². The van der Waals surface area contributed by atoms with Crippen molar-refractivity contribution in [2.75, 3.05) is 6.61 Å². The van der Waals surface area contributed by atoms with Crippen LogP contribution < -0.4 is 10.3 Å². The van der Waals surface area contributed by atoms with E-state index < -0.39 is 0 Å². The first-order valence-corrected chi connectivity index (χ1v) is 6.09. The Morgan fingerprint density at radius 2 is 1.88 bits per heavy atom. The molecule has 0 spiro atoms. The van der Waals surface area contributed by atoms with Gasteiger partial charge in [-0.1, -0.05) is 18.2 Å². The number of hydrogen-bond donors (Lipinski definition) is 0. The van der Waals surface area contributed by atoms with E-state index in [4.69, 9.17) is 4.74 Å². The molecule has 0 aliphatic carbocycles. The lowest BCUT2D eigenvalue weighted by Gasteiger charge is -2.08. The van der Waals surface area contributed by atoms with Crippen molar-refractivity contribution in [1.82, 2.24) is 4.57 Å². The predicted octanol–water partition coefficient (Wildman–Crippen LogP) is 2.69. The lowest BCUT2D eigenvalue weighted by Crippen LogP contribution is -2.22. The van der Waals surface area contributed by atoms with Crippen LogP contribution in [0.2, 0.25) is 0 Å². The molecule has 1 aromatic heterocycles. The minimum absolute atomic E-state index is 0.0378. The molecule has 0 bridgehead atoms. The maximum absolute atomic E-state index is 11.7. The summed E-state index contributed by atoms with van der Waals surface area (Å²) in [5.41, 5.74) is -0.0378. The highest BCUT2D eigenvalue weighted by molar-refractivity contribution is 9.10. The zero-order chi connectivity index (χ0) is 12.1. The molecule has 0 atom stereocenters. The lowest BCUT2D eigenvalue weighted by molar-refractivity contribution is 0.296. The highest BCUT2D eigenvalue weighted by atomic mass is 79.9. The number of halogens is 1. The minimum atomic E-state index is -0.0378. The lowest BCUT2D eigenvalue weighted by atomic mass is 10.3. The Labute approximate surface area is 108 Å². The number of benzene rings is 1. The monoisotopic (exact) mass is 293 g/mol. The van der Waals surface area contributed by atoms with E-state index in [0.29, 0.717) is 17.6 Å². The third kappa shape index (κ3) is 3.20. The smallest absolute Gasteiger partial charge is 0.264 e. The van der Waals surface area contributed by atoms with Crippen molar-refractivity contribution in [3.8, 4) is 5.75 Å². The maximum atomic E-state index is 11.7. The molecule has 17 heavy (non-hydrogen) atoms. The largest absolute Gasteiger partial charge is 0.492 e. The van der Waals surface area contributed by atoms with Crippen LogP contribution in [-0.4, -0.2) is 11.2 Å². The van der Waals surface area contributed by atoms with Crippen LogP contribution in [0.25, 0.3) is 0 Å². The van der Waals surface area contributed by atoms with E-state index in [0.717, 1.165) is 5.75 Å². The fourth-order valence-electron chi connectivity index (χ4n) is 1.46. The third-order valence-electron chi connectivity index (χ3n) is 2.32. The normalized spacial score (nSPS) is 10.2. The van der Waals surface area contributed by atoms with Gasteiger partial charge in [0, 0.05) is 6.20 Å². The van der Waals surface area contributed by atoms with Gasteiger partial charge in [-0.05, 0) is 40.2 Å². The van der Waals surface area contributed by atoms with E-state index in [9.17, 15) is 4.79 Å². The molecule has 1 aromatic carbocycles. The number of pyridine rings is 1. The summed E-state index contributed by atoms with van der Waals surface area (Å²) >= 11 is 3.21. The van der Waals surface area contributed by atoms with Crippen molar-refractivity contribution in [2.45, 2.75) is 6.54 Å². The SMILES string of the molecule is O=c1c(Br)cccn1CCOc1ccccc1. The Morgan fingerprint density at radius 1 is 1.12 bits per heavy atom. The Kier molecular flexibility index (Phi) is 3.98. The van der Waals surface area contributed by atoms with Crippen molar-refractivity contribution in [2.24, 2.45) is 0 Å². The molecule has 2 rings (SSSR count). The summed E-state index contributed by atoms with van der Waals surface area (Å²) in [5.74, 6) is 0.815. The molecule has 0 aliphatic rings. The number of ether oxygens (including phenoxy) is 1. The summed E-state index contributed by atoms with van der Waals surface area (Å²) < 4.78 is 7.72. The van der Waals surface area contributed by atoms with Gasteiger partial charge in [0.05, 0.1) is 11.0 Å². The predicted molar refractivity (Wildman–Crippen MR) is 70.3 cm³/mol. The van der Waals surface area contributed by atoms with Gasteiger partial charge in [0.1, 0.15) is 12.4 Å². The highest BCUT2D eigenvalue weighted by Crippen LogP contribution is 2.08. The molecule has 1 heterocycles. The van der Waals surface area contributed by atoms with Gasteiger partial charge in [0.25, 0.3) is 5.56 Å². The Bertz CT molecular complexity index is 537. The fraction of sp³-hybridized carbons (Fsp3) is 0.154. The molecule has 4 heteroatoms. The Balaban J connectivity index is 1.95. The first-order chi connectivity index (χ1) is 8.27. The van der Waals surface area contributed by atoms with Crippen LogP contribution in [0.4, 0.5) is 0 Å². The zero-order valence-electron chi connectivity index (χ0n) is 9.17. The van der Waals surface area contributed by atoms with Crippen molar-refractivity contribution in [3.05, 3.63) is 63.5 Å². The summed E-state index contributed by atoms with van der Waals surface area (Å²) in [7, 11) is 0. The van der Waals surface area contributed by atoms with Crippen LogP contribution >= 0.6 is 15.9 Å². The number of nitrogens with zero attached hydrogens (tertiary/aromatic N) is 1. The molecule has 2 aromatic rings. The van der Waals surface area contributed by atoms with Crippen molar-refractivity contribution >= 4 is 15.9 Å². The van der Waals surface area contributed by atoms with Gasteiger partial charge in [0.15, 0.2) is 0 Å². The van der Waals surface area contributed by atoms with Crippen LogP contribution in [0.3, 0.4) is 0 Å². The highest BCUT2D eigenvalue weighted by Gasteiger charge is 1.99. The molecular weight excluding hydrogens is 282 g/mol. The second-order valence-corrected chi connectivity index (χ2v) is 4.37. The molecule has 0 saturated carbocycles. The summed E-state index contributed by atoms with van der Waals surface area (Å²) in [6, 6.07) is 13.1. The topological polar surface area (TPSA) is 31.2 Å². The van der Waals surface area contributed by atoms with Gasteiger partial charge in [-0.2, -0.15) is 0 Å². The summed E-state index contributed by atoms with van der Waals surface area (Å²) in [6.45, 7) is 1.01. The molecule has 0 aliphatic heterocycles. The number of hydrogen-bond acceptors (Lipinski definition) is 2. The second-order valence-electron chi connectivity index (χ2n) is 3.52. The third-order valence-corrected chi connectivity index (χ3v) is 2.92. The second kappa shape index (κ2) is 5.68. The Morgan fingerprint density at radius 3 is 2.65 bits per heavy atom. The van der Waals surface area contributed by atoms with Gasteiger partial charge >= 0.3 is 0 Å². The van der Waals surface area contributed by atoms with Crippen LogP contribution in [0.15, 0.2) is 57.9 Å². The molecule has 88 valence electrons. The molecule has 0 saturated heterocycles. The van der Waals surface area contributed by atoms with Crippen LogP contribution in [0.1, 0.15) is 0 Å². The summed E-state index contributed by atoms with van der Waals surface area (Å²) in [6.07, 6.45) is 1.75. The van der Waals surface area contributed by atoms with E-state index in [1.165, 1.54) is 0 Å². The average Bonchev–Trinajstić information content (AvgIpc) is 2.36.